The Kier molecular flexibility index (Phi) is 5.06. The summed E-state index contributed by atoms with van der Waals surface area (Å²) in [7, 11) is 0. The third-order valence-corrected chi connectivity index (χ3v) is 7.63. The third-order valence-electron chi connectivity index (χ3n) is 7.63. The van der Waals surface area contributed by atoms with Gasteiger partial charge in [0.25, 0.3) is 0 Å². The number of alkyl halides is 3. The first kappa shape index (κ1) is 21.1. The lowest BCUT2D eigenvalue weighted by molar-refractivity contribution is -0.140. The maximum atomic E-state index is 13.8. The lowest BCUT2D eigenvalue weighted by Gasteiger charge is -2.41. The number of carbonyl (C=O) groups excluding carboxylic acids is 1. The van der Waals surface area contributed by atoms with E-state index in [0.29, 0.717) is 29.9 Å². The van der Waals surface area contributed by atoms with E-state index < -0.39 is 23.3 Å². The molecule has 2 bridgehead atoms. The molecular weight excluding hydrogens is 417 g/mol. The number of hydrogen-bond donors (Lipinski definition) is 0. The first-order valence-corrected chi connectivity index (χ1v) is 11.1. The van der Waals surface area contributed by atoms with Crippen LogP contribution in [-0.4, -0.2) is 11.6 Å². The summed E-state index contributed by atoms with van der Waals surface area (Å²) in [5, 5.41) is 0. The smallest absolute Gasteiger partial charge is 0.419 e. The van der Waals surface area contributed by atoms with Crippen LogP contribution in [0.25, 0.3) is 0 Å². The molecule has 6 heteroatoms. The number of halogens is 3. The molecule has 3 fully saturated rings. The van der Waals surface area contributed by atoms with E-state index in [9.17, 15) is 18.0 Å². The maximum absolute atomic E-state index is 13.8. The van der Waals surface area contributed by atoms with Crippen molar-refractivity contribution in [1.29, 1.82) is 0 Å². The lowest BCUT2D eigenvalue weighted by atomic mass is 9.73. The average molecular weight is 442 g/mol. The maximum Gasteiger partial charge on any atom is 0.419 e. The highest BCUT2D eigenvalue weighted by atomic mass is 19.4. The second-order valence-electron chi connectivity index (χ2n) is 9.24. The number of fused-ring (bicyclic) bond motifs is 5. The van der Waals surface area contributed by atoms with Crippen LogP contribution in [0.2, 0.25) is 0 Å². The van der Waals surface area contributed by atoms with Crippen molar-refractivity contribution in [3.8, 4) is 11.5 Å². The summed E-state index contributed by atoms with van der Waals surface area (Å²) >= 11 is 0. The molecule has 2 aromatic rings. The zero-order chi connectivity index (χ0) is 22.5. The fourth-order valence-corrected chi connectivity index (χ4v) is 6.36. The highest BCUT2D eigenvalue weighted by molar-refractivity contribution is 5.91. The SMILES string of the molecule is C=CC1(Oc2cc(C(=O)Oc3ccccc3)ccc2C(F)(F)F)CC2CC1C1CCCC21. The summed E-state index contributed by atoms with van der Waals surface area (Å²) in [6.45, 7) is 3.95. The minimum Gasteiger partial charge on any atom is -0.482 e. The summed E-state index contributed by atoms with van der Waals surface area (Å²) < 4.78 is 53.0. The van der Waals surface area contributed by atoms with Gasteiger partial charge >= 0.3 is 12.1 Å². The van der Waals surface area contributed by atoms with Crippen LogP contribution in [0.15, 0.2) is 61.2 Å². The van der Waals surface area contributed by atoms with E-state index in [4.69, 9.17) is 9.47 Å². The molecule has 2 aromatic carbocycles. The van der Waals surface area contributed by atoms with E-state index in [1.165, 1.54) is 12.8 Å². The molecule has 0 aromatic heterocycles. The standard InChI is InChI=1S/C26H25F3O3/c1-2-25(15-17-13-22(25)20-10-6-9-19(17)20)32-23-14-16(11-12-21(23)26(27,28)29)24(30)31-18-7-4-3-5-8-18/h2-5,7-8,11-12,14,17,19-20,22H,1,6,9-10,13,15H2. The lowest BCUT2D eigenvalue weighted by Crippen LogP contribution is -2.45. The Morgan fingerprint density at radius 2 is 1.84 bits per heavy atom. The van der Waals surface area contributed by atoms with E-state index >= 15 is 0 Å². The van der Waals surface area contributed by atoms with Crippen LogP contribution in [0.5, 0.6) is 11.5 Å². The van der Waals surface area contributed by atoms with Crippen LogP contribution in [0.3, 0.4) is 0 Å². The molecule has 0 heterocycles. The summed E-state index contributed by atoms with van der Waals surface area (Å²) in [6, 6.07) is 11.6. The molecule has 5 unspecified atom stereocenters. The fraction of sp³-hybridized carbons (Fsp3) is 0.423. The fourth-order valence-electron chi connectivity index (χ4n) is 6.36. The van der Waals surface area contributed by atoms with Gasteiger partial charge in [-0.05, 0) is 79.8 Å². The van der Waals surface area contributed by atoms with Gasteiger partial charge < -0.3 is 9.47 Å². The molecule has 168 valence electrons. The molecule has 5 atom stereocenters. The molecule has 0 saturated heterocycles. The Bertz CT molecular complexity index is 1030. The van der Waals surface area contributed by atoms with E-state index in [-0.39, 0.29) is 17.2 Å². The van der Waals surface area contributed by atoms with Crippen LogP contribution in [0.4, 0.5) is 13.2 Å². The topological polar surface area (TPSA) is 35.5 Å². The molecule has 3 aliphatic carbocycles. The Balaban J connectivity index is 1.47. The van der Waals surface area contributed by atoms with Crippen molar-refractivity contribution in [2.24, 2.45) is 23.7 Å². The highest BCUT2D eigenvalue weighted by Gasteiger charge is 2.61. The number of rotatable bonds is 5. The first-order valence-electron chi connectivity index (χ1n) is 11.1. The van der Waals surface area contributed by atoms with Crippen LogP contribution in [-0.2, 0) is 6.18 Å². The molecule has 32 heavy (non-hydrogen) atoms. The largest absolute Gasteiger partial charge is 0.482 e. The van der Waals surface area contributed by atoms with Crippen LogP contribution in [0, 0.1) is 23.7 Å². The number of ether oxygens (including phenoxy) is 2. The predicted octanol–water partition coefficient (Wildman–Crippen LogP) is 6.68. The normalized spacial score (nSPS) is 30.7. The van der Waals surface area contributed by atoms with Gasteiger partial charge in [-0.3, -0.25) is 0 Å². The van der Waals surface area contributed by atoms with E-state index in [1.54, 1.807) is 36.4 Å². The summed E-state index contributed by atoms with van der Waals surface area (Å²) in [4.78, 5) is 12.6. The van der Waals surface area contributed by atoms with Crippen molar-refractivity contribution >= 4 is 5.97 Å². The molecule has 3 aliphatic rings. The number of esters is 1. The summed E-state index contributed by atoms with van der Waals surface area (Å²) in [5.74, 6) is 1.03. The zero-order valence-electron chi connectivity index (χ0n) is 17.6. The molecule has 0 N–H and O–H groups in total. The van der Waals surface area contributed by atoms with Gasteiger partial charge in [0.05, 0.1) is 11.1 Å². The van der Waals surface area contributed by atoms with E-state index in [2.05, 4.69) is 6.58 Å². The second kappa shape index (κ2) is 7.68. The monoisotopic (exact) mass is 442 g/mol. The molecule has 0 radical (unpaired) electrons. The Morgan fingerprint density at radius 3 is 2.56 bits per heavy atom. The van der Waals surface area contributed by atoms with Crippen molar-refractivity contribution in [3.63, 3.8) is 0 Å². The Morgan fingerprint density at radius 1 is 1.09 bits per heavy atom. The van der Waals surface area contributed by atoms with Gasteiger partial charge in [0, 0.05) is 5.92 Å². The van der Waals surface area contributed by atoms with Crippen molar-refractivity contribution < 1.29 is 27.4 Å². The van der Waals surface area contributed by atoms with Gasteiger partial charge in [-0.1, -0.05) is 31.2 Å². The van der Waals surface area contributed by atoms with Gasteiger partial charge in [0.1, 0.15) is 17.1 Å². The van der Waals surface area contributed by atoms with Crippen molar-refractivity contribution in [2.45, 2.75) is 43.9 Å². The van der Waals surface area contributed by atoms with Crippen molar-refractivity contribution in [3.05, 3.63) is 72.3 Å². The molecule has 0 aliphatic heterocycles. The number of para-hydroxylation sites is 1. The van der Waals surface area contributed by atoms with Crippen molar-refractivity contribution in [1.82, 2.24) is 0 Å². The summed E-state index contributed by atoms with van der Waals surface area (Å²) in [5.41, 5.74) is -1.71. The predicted molar refractivity (Wildman–Crippen MR) is 113 cm³/mol. The summed E-state index contributed by atoms with van der Waals surface area (Å²) in [6.07, 6.45) is 2.21. The molecule has 0 spiro atoms. The number of hydrogen-bond acceptors (Lipinski definition) is 3. The van der Waals surface area contributed by atoms with Crippen LogP contribution >= 0.6 is 0 Å². The Labute approximate surface area is 185 Å². The molecule has 0 amide bonds. The van der Waals surface area contributed by atoms with Gasteiger partial charge in [-0.2, -0.15) is 13.2 Å². The number of carbonyl (C=O) groups is 1. The van der Waals surface area contributed by atoms with Gasteiger partial charge in [-0.15, -0.1) is 0 Å². The third kappa shape index (κ3) is 3.50. The van der Waals surface area contributed by atoms with Gasteiger partial charge in [0.15, 0.2) is 0 Å². The molecule has 3 saturated carbocycles. The second-order valence-corrected chi connectivity index (χ2v) is 9.24. The molecule has 3 nitrogen and oxygen atoms in total. The van der Waals surface area contributed by atoms with Gasteiger partial charge in [-0.25, -0.2) is 4.79 Å². The number of benzene rings is 2. The van der Waals surface area contributed by atoms with Crippen molar-refractivity contribution in [2.75, 3.05) is 0 Å². The first-order chi connectivity index (χ1) is 15.3. The molecular formula is C26H25F3O3. The average Bonchev–Trinajstić information content (AvgIpc) is 3.46. The zero-order valence-corrected chi connectivity index (χ0v) is 17.6. The van der Waals surface area contributed by atoms with Crippen LogP contribution < -0.4 is 9.47 Å². The van der Waals surface area contributed by atoms with Crippen LogP contribution in [0.1, 0.15) is 48.0 Å². The minimum absolute atomic E-state index is 0.0120. The Hall–Kier alpha value is -2.76. The minimum atomic E-state index is -4.60. The molecule has 5 rings (SSSR count). The van der Waals surface area contributed by atoms with E-state index in [0.717, 1.165) is 31.0 Å². The quantitative estimate of drug-likeness (QED) is 0.294. The van der Waals surface area contributed by atoms with Gasteiger partial charge in [0.2, 0.25) is 0 Å². The highest BCUT2D eigenvalue weighted by Crippen LogP contribution is 2.63. The van der Waals surface area contributed by atoms with E-state index in [1.807, 2.05) is 0 Å².